The Morgan fingerprint density at radius 3 is 2.95 bits per heavy atom. The molecule has 0 radical (unpaired) electrons. The Balaban J connectivity index is 1.78. The highest BCUT2D eigenvalue weighted by atomic mass is 19.1. The smallest absolute Gasteiger partial charge is 0.164 e. The largest absolute Gasteiger partial charge is 0.308 e. The maximum Gasteiger partial charge on any atom is 0.164 e. The van der Waals surface area contributed by atoms with Gasteiger partial charge in [-0.1, -0.05) is 12.1 Å². The van der Waals surface area contributed by atoms with Crippen molar-refractivity contribution >= 4 is 0 Å². The summed E-state index contributed by atoms with van der Waals surface area (Å²) < 4.78 is 15.5. The van der Waals surface area contributed by atoms with Crippen LogP contribution in [0.15, 0.2) is 24.3 Å². The van der Waals surface area contributed by atoms with Gasteiger partial charge >= 0.3 is 0 Å². The zero-order chi connectivity index (χ0) is 12.8. The number of nitrogens with one attached hydrogen (secondary N) is 1. The SMILES string of the molecule is Fc1cccc(-c2nnc3n2CCNC3C2CC2)c1. The maximum atomic E-state index is 13.3. The molecule has 0 saturated heterocycles. The van der Waals surface area contributed by atoms with Gasteiger partial charge in [-0.25, -0.2) is 4.39 Å². The van der Waals surface area contributed by atoms with Crippen LogP contribution >= 0.6 is 0 Å². The number of fused-ring (bicyclic) bond motifs is 1. The van der Waals surface area contributed by atoms with Crippen molar-refractivity contribution in [3.05, 3.63) is 35.9 Å². The first-order valence-corrected chi connectivity index (χ1v) is 6.75. The van der Waals surface area contributed by atoms with Gasteiger partial charge in [0.05, 0.1) is 6.04 Å². The van der Waals surface area contributed by atoms with Crippen LogP contribution in [-0.2, 0) is 6.54 Å². The van der Waals surface area contributed by atoms with Crippen molar-refractivity contribution in [2.45, 2.75) is 25.4 Å². The Morgan fingerprint density at radius 2 is 2.16 bits per heavy atom. The summed E-state index contributed by atoms with van der Waals surface area (Å²) in [6, 6.07) is 6.89. The highest BCUT2D eigenvalue weighted by Crippen LogP contribution is 2.41. The van der Waals surface area contributed by atoms with E-state index < -0.39 is 0 Å². The van der Waals surface area contributed by atoms with E-state index in [4.69, 9.17) is 0 Å². The molecule has 0 amide bonds. The number of hydrogen-bond acceptors (Lipinski definition) is 3. The molecular formula is C14H15FN4. The zero-order valence-electron chi connectivity index (χ0n) is 10.5. The summed E-state index contributed by atoms with van der Waals surface area (Å²) in [6.45, 7) is 1.77. The molecule has 1 aliphatic carbocycles. The lowest BCUT2D eigenvalue weighted by molar-refractivity contribution is 0.383. The molecule has 19 heavy (non-hydrogen) atoms. The molecule has 2 aliphatic rings. The van der Waals surface area contributed by atoms with E-state index >= 15 is 0 Å². The van der Waals surface area contributed by atoms with Crippen LogP contribution in [0.3, 0.4) is 0 Å². The lowest BCUT2D eigenvalue weighted by Crippen LogP contribution is -2.35. The number of benzene rings is 1. The molecule has 98 valence electrons. The fourth-order valence-corrected chi connectivity index (χ4v) is 2.84. The third-order valence-corrected chi connectivity index (χ3v) is 3.93. The number of halogens is 1. The molecule has 4 rings (SSSR count). The number of hydrogen-bond donors (Lipinski definition) is 1. The molecule has 1 N–H and O–H groups in total. The Kier molecular flexibility index (Phi) is 2.41. The zero-order valence-corrected chi connectivity index (χ0v) is 10.5. The minimum absolute atomic E-state index is 0.234. The molecule has 5 heteroatoms. The van der Waals surface area contributed by atoms with Crippen LogP contribution in [0, 0.1) is 11.7 Å². The molecule has 1 unspecified atom stereocenters. The lowest BCUT2D eigenvalue weighted by atomic mass is 10.1. The van der Waals surface area contributed by atoms with Crippen LogP contribution in [-0.4, -0.2) is 21.3 Å². The molecule has 0 spiro atoms. The molecule has 1 aromatic carbocycles. The summed E-state index contributed by atoms with van der Waals surface area (Å²) >= 11 is 0. The molecule has 1 aliphatic heterocycles. The van der Waals surface area contributed by atoms with Crippen molar-refractivity contribution in [2.24, 2.45) is 5.92 Å². The monoisotopic (exact) mass is 258 g/mol. The van der Waals surface area contributed by atoms with Gasteiger partial charge in [-0.15, -0.1) is 10.2 Å². The van der Waals surface area contributed by atoms with E-state index in [9.17, 15) is 4.39 Å². The average molecular weight is 258 g/mol. The van der Waals surface area contributed by atoms with Crippen LogP contribution < -0.4 is 5.32 Å². The fourth-order valence-electron chi connectivity index (χ4n) is 2.84. The molecule has 2 aromatic rings. The van der Waals surface area contributed by atoms with Gasteiger partial charge in [0.1, 0.15) is 5.82 Å². The van der Waals surface area contributed by atoms with E-state index in [1.165, 1.54) is 25.0 Å². The predicted molar refractivity (Wildman–Crippen MR) is 68.9 cm³/mol. The van der Waals surface area contributed by atoms with Crippen molar-refractivity contribution in [1.29, 1.82) is 0 Å². The maximum absolute atomic E-state index is 13.3. The van der Waals surface area contributed by atoms with Gasteiger partial charge in [0.15, 0.2) is 11.6 Å². The first kappa shape index (κ1) is 11.1. The van der Waals surface area contributed by atoms with Crippen LogP contribution in [0.5, 0.6) is 0 Å². The van der Waals surface area contributed by atoms with Crippen LogP contribution in [0.25, 0.3) is 11.4 Å². The Hall–Kier alpha value is -1.75. The molecule has 1 aromatic heterocycles. The molecule has 4 nitrogen and oxygen atoms in total. The van der Waals surface area contributed by atoms with Gasteiger partial charge < -0.3 is 9.88 Å². The van der Waals surface area contributed by atoms with E-state index in [2.05, 4.69) is 20.1 Å². The Morgan fingerprint density at radius 1 is 1.26 bits per heavy atom. The first-order valence-electron chi connectivity index (χ1n) is 6.75. The molecular weight excluding hydrogens is 243 g/mol. The summed E-state index contributed by atoms with van der Waals surface area (Å²) in [7, 11) is 0. The predicted octanol–water partition coefficient (Wildman–Crippen LogP) is 2.14. The van der Waals surface area contributed by atoms with Crippen molar-refractivity contribution in [3.63, 3.8) is 0 Å². The number of nitrogens with zero attached hydrogens (tertiary/aromatic N) is 3. The highest BCUT2D eigenvalue weighted by molar-refractivity contribution is 5.55. The van der Waals surface area contributed by atoms with Crippen LogP contribution in [0.1, 0.15) is 24.7 Å². The molecule has 2 heterocycles. The number of aromatic nitrogens is 3. The summed E-state index contributed by atoms with van der Waals surface area (Å²) in [5.74, 6) is 2.25. The summed E-state index contributed by atoms with van der Waals surface area (Å²) in [5.41, 5.74) is 0.801. The number of rotatable bonds is 2. The molecule has 1 saturated carbocycles. The van der Waals surface area contributed by atoms with E-state index in [-0.39, 0.29) is 5.82 Å². The van der Waals surface area contributed by atoms with Gasteiger partial charge in [-0.2, -0.15) is 0 Å². The summed E-state index contributed by atoms with van der Waals surface area (Å²) in [5, 5.41) is 12.1. The quantitative estimate of drug-likeness (QED) is 0.897. The standard InChI is InChI=1S/C14H15FN4/c15-11-3-1-2-10(8-11)13-17-18-14-12(9-4-5-9)16-6-7-19(13)14/h1-3,8-9,12,16H,4-7H2. The molecule has 1 atom stereocenters. The third-order valence-electron chi connectivity index (χ3n) is 3.93. The van der Waals surface area contributed by atoms with Gasteiger partial charge in [0.25, 0.3) is 0 Å². The minimum atomic E-state index is -0.234. The fraction of sp³-hybridized carbons (Fsp3) is 0.429. The van der Waals surface area contributed by atoms with Crippen molar-refractivity contribution in [1.82, 2.24) is 20.1 Å². The topological polar surface area (TPSA) is 42.7 Å². The second kappa shape index (κ2) is 4.13. The highest BCUT2D eigenvalue weighted by Gasteiger charge is 2.37. The van der Waals surface area contributed by atoms with E-state index in [0.717, 1.165) is 30.3 Å². The minimum Gasteiger partial charge on any atom is -0.308 e. The van der Waals surface area contributed by atoms with Gasteiger partial charge in [-0.05, 0) is 30.9 Å². The Labute approximate surface area is 110 Å². The summed E-state index contributed by atoms with van der Waals surface area (Å²) in [6.07, 6.45) is 2.53. The first-order chi connectivity index (χ1) is 9.33. The van der Waals surface area contributed by atoms with Crippen molar-refractivity contribution in [2.75, 3.05) is 6.54 Å². The van der Waals surface area contributed by atoms with Gasteiger partial charge in [-0.3, -0.25) is 0 Å². The van der Waals surface area contributed by atoms with Crippen molar-refractivity contribution in [3.8, 4) is 11.4 Å². The third kappa shape index (κ3) is 1.85. The van der Waals surface area contributed by atoms with E-state index in [0.29, 0.717) is 12.0 Å². The van der Waals surface area contributed by atoms with Crippen LogP contribution in [0.4, 0.5) is 4.39 Å². The Bertz CT molecular complexity index is 618. The van der Waals surface area contributed by atoms with E-state index in [1.54, 1.807) is 6.07 Å². The molecule has 0 bridgehead atoms. The van der Waals surface area contributed by atoms with Gasteiger partial charge in [0.2, 0.25) is 0 Å². The average Bonchev–Trinajstić information content (AvgIpc) is 3.17. The lowest BCUT2D eigenvalue weighted by Gasteiger charge is -2.24. The van der Waals surface area contributed by atoms with E-state index in [1.807, 2.05) is 6.07 Å². The van der Waals surface area contributed by atoms with Crippen LogP contribution in [0.2, 0.25) is 0 Å². The summed E-state index contributed by atoms with van der Waals surface area (Å²) in [4.78, 5) is 0. The normalized spacial score (nSPS) is 22.3. The molecule has 1 fully saturated rings. The van der Waals surface area contributed by atoms with Gasteiger partial charge in [0, 0.05) is 18.7 Å². The second-order valence-corrected chi connectivity index (χ2v) is 5.31. The van der Waals surface area contributed by atoms with Crippen molar-refractivity contribution < 1.29 is 4.39 Å². The second-order valence-electron chi connectivity index (χ2n) is 5.31.